The first-order valence-corrected chi connectivity index (χ1v) is 9.19. The van der Waals surface area contributed by atoms with Gasteiger partial charge >= 0.3 is 29.6 Å². The van der Waals surface area contributed by atoms with Gasteiger partial charge in [0.05, 0.1) is 9.79 Å². The maximum atomic E-state index is 10.9. The minimum Gasteiger partial charge on any atom is -0.282 e. The topological polar surface area (TPSA) is 109 Å². The van der Waals surface area contributed by atoms with Crippen LogP contribution in [0.15, 0.2) is 68.1 Å². The van der Waals surface area contributed by atoms with Crippen LogP contribution in [0, 0.1) is 0 Å². The Hall–Kier alpha value is -0.390. The average molecular weight is 369 g/mol. The Morgan fingerprint density at radius 2 is 0.909 bits per heavy atom. The van der Waals surface area contributed by atoms with Crippen LogP contribution in [0.2, 0.25) is 0 Å². The Kier molecular flexibility index (Phi) is 6.66. The van der Waals surface area contributed by atoms with Gasteiger partial charge in [0, 0.05) is 9.79 Å². The van der Waals surface area contributed by atoms with Crippen LogP contribution in [-0.2, 0) is 20.2 Å². The van der Waals surface area contributed by atoms with Crippen molar-refractivity contribution in [3.8, 4) is 0 Å². The maximum absolute atomic E-state index is 10.9. The van der Waals surface area contributed by atoms with Crippen molar-refractivity contribution >= 4 is 32.0 Å². The summed E-state index contributed by atoms with van der Waals surface area (Å²) < 4.78 is 61.3. The van der Waals surface area contributed by atoms with Gasteiger partial charge in [-0.3, -0.25) is 9.11 Å². The van der Waals surface area contributed by atoms with Gasteiger partial charge in [-0.25, -0.2) is 0 Å². The first-order valence-electron chi connectivity index (χ1n) is 5.49. The van der Waals surface area contributed by atoms with E-state index in [9.17, 15) is 16.8 Å². The summed E-state index contributed by atoms with van der Waals surface area (Å²) in [6.45, 7) is 0. The van der Waals surface area contributed by atoms with Crippen LogP contribution >= 0.6 is 11.8 Å². The summed E-state index contributed by atoms with van der Waals surface area (Å²) in [5, 5.41) is 0. The van der Waals surface area contributed by atoms with Crippen LogP contribution in [0.1, 0.15) is 0 Å². The summed E-state index contributed by atoms with van der Waals surface area (Å²) in [5.41, 5.74) is 0. The molecule has 0 amide bonds. The first kappa shape index (κ1) is 19.7. The Balaban J connectivity index is 0.00000242. The zero-order chi connectivity index (χ0) is 15.7. The van der Waals surface area contributed by atoms with Crippen LogP contribution in [0.3, 0.4) is 0 Å². The SMILES string of the molecule is O=S(=O)(O)c1ccc(Sc2ccc(S(=O)(=O)O)cc2)cc1.[Na+]. The van der Waals surface area contributed by atoms with Crippen molar-refractivity contribution in [2.24, 2.45) is 0 Å². The van der Waals surface area contributed by atoms with Gasteiger partial charge in [0.15, 0.2) is 0 Å². The molecule has 10 heteroatoms. The zero-order valence-electron chi connectivity index (χ0n) is 11.4. The summed E-state index contributed by atoms with van der Waals surface area (Å²) in [6.07, 6.45) is 0. The van der Waals surface area contributed by atoms with Crippen molar-refractivity contribution in [2.75, 3.05) is 0 Å². The molecule has 112 valence electrons. The van der Waals surface area contributed by atoms with Gasteiger partial charge in [0.2, 0.25) is 0 Å². The predicted octanol–water partition coefficient (Wildman–Crippen LogP) is -0.665. The second-order valence-corrected chi connectivity index (χ2v) is 7.99. The molecular weight excluding hydrogens is 359 g/mol. The van der Waals surface area contributed by atoms with Gasteiger partial charge in [-0.2, -0.15) is 16.8 Å². The van der Waals surface area contributed by atoms with E-state index in [-0.39, 0.29) is 39.3 Å². The molecule has 0 radical (unpaired) electrons. The van der Waals surface area contributed by atoms with Crippen LogP contribution in [-0.4, -0.2) is 25.9 Å². The minimum absolute atomic E-state index is 0. The first-order chi connectivity index (χ1) is 9.66. The smallest absolute Gasteiger partial charge is 0.282 e. The van der Waals surface area contributed by atoms with E-state index < -0.39 is 20.2 Å². The molecule has 6 nitrogen and oxygen atoms in total. The van der Waals surface area contributed by atoms with Gasteiger partial charge in [0.25, 0.3) is 20.2 Å². The van der Waals surface area contributed by atoms with Gasteiger partial charge in [-0.15, -0.1) is 0 Å². The summed E-state index contributed by atoms with van der Waals surface area (Å²) in [6, 6.07) is 11.1. The molecule has 0 fully saturated rings. The third-order valence-corrected chi connectivity index (χ3v) is 5.23. The second-order valence-electron chi connectivity index (χ2n) is 4.00. The molecule has 2 aromatic rings. The number of hydrogen-bond donors (Lipinski definition) is 2. The zero-order valence-corrected chi connectivity index (χ0v) is 15.8. The van der Waals surface area contributed by atoms with Gasteiger partial charge in [0.1, 0.15) is 0 Å². The fourth-order valence-electron chi connectivity index (χ4n) is 1.50. The molecule has 2 rings (SSSR count). The van der Waals surface area contributed by atoms with Crippen molar-refractivity contribution in [2.45, 2.75) is 19.6 Å². The van der Waals surface area contributed by atoms with Crippen LogP contribution < -0.4 is 29.6 Å². The monoisotopic (exact) mass is 369 g/mol. The normalized spacial score (nSPS) is 11.7. The van der Waals surface area contributed by atoms with E-state index in [4.69, 9.17) is 9.11 Å². The number of rotatable bonds is 4. The van der Waals surface area contributed by atoms with E-state index in [2.05, 4.69) is 0 Å². The molecule has 0 unspecified atom stereocenters. The Morgan fingerprint density at radius 1 is 0.636 bits per heavy atom. The largest absolute Gasteiger partial charge is 1.00 e. The molecule has 0 atom stereocenters. The standard InChI is InChI=1S/C12H10O6S3.Na/c13-20(14,15)11-5-1-9(2-6-11)19-10-3-7-12(8-4-10)21(16,17)18;/h1-8H,(H,13,14,15)(H,16,17,18);/q;+1. The van der Waals surface area contributed by atoms with E-state index in [0.717, 1.165) is 0 Å². The molecule has 22 heavy (non-hydrogen) atoms. The summed E-state index contributed by atoms with van der Waals surface area (Å²) >= 11 is 1.27. The molecule has 2 aromatic carbocycles. The Labute approximate surface area is 154 Å². The molecular formula is C12H10NaO6S3+. The molecule has 0 saturated heterocycles. The Bertz CT molecular complexity index is 769. The molecule has 0 heterocycles. The van der Waals surface area contributed by atoms with Gasteiger partial charge < -0.3 is 0 Å². The minimum atomic E-state index is -4.22. The van der Waals surface area contributed by atoms with E-state index >= 15 is 0 Å². The summed E-state index contributed by atoms with van der Waals surface area (Å²) in [4.78, 5) is 1.02. The third-order valence-electron chi connectivity index (χ3n) is 2.48. The second kappa shape index (κ2) is 7.45. The number of benzene rings is 2. The number of hydrogen-bond acceptors (Lipinski definition) is 5. The Morgan fingerprint density at radius 3 is 1.14 bits per heavy atom. The van der Waals surface area contributed by atoms with Crippen molar-refractivity contribution in [3.63, 3.8) is 0 Å². The molecule has 0 saturated carbocycles. The van der Waals surface area contributed by atoms with E-state index in [0.29, 0.717) is 9.79 Å². The predicted molar refractivity (Wildman–Crippen MR) is 76.6 cm³/mol. The van der Waals surface area contributed by atoms with Crippen molar-refractivity contribution in [1.82, 2.24) is 0 Å². The van der Waals surface area contributed by atoms with Gasteiger partial charge in [-0.1, -0.05) is 11.8 Å². The van der Waals surface area contributed by atoms with Gasteiger partial charge in [-0.05, 0) is 48.5 Å². The molecule has 0 aliphatic heterocycles. The third kappa shape index (κ3) is 5.36. The van der Waals surface area contributed by atoms with Crippen molar-refractivity contribution < 1.29 is 55.5 Å². The van der Waals surface area contributed by atoms with Crippen LogP contribution in [0.5, 0.6) is 0 Å². The summed E-state index contributed by atoms with van der Waals surface area (Å²) in [7, 11) is -8.44. The maximum Gasteiger partial charge on any atom is 1.00 e. The van der Waals surface area contributed by atoms with Crippen molar-refractivity contribution in [1.29, 1.82) is 0 Å². The average Bonchev–Trinajstić information content (AvgIpc) is 2.38. The van der Waals surface area contributed by atoms with E-state index in [1.54, 1.807) is 0 Å². The summed E-state index contributed by atoms with van der Waals surface area (Å²) in [5.74, 6) is 0. The quantitative estimate of drug-likeness (QED) is 0.544. The fourth-order valence-corrected chi connectivity index (χ4v) is 3.27. The van der Waals surface area contributed by atoms with Crippen LogP contribution in [0.4, 0.5) is 0 Å². The molecule has 0 spiro atoms. The molecule has 0 aliphatic rings. The van der Waals surface area contributed by atoms with E-state index in [1.807, 2.05) is 0 Å². The molecule has 0 aromatic heterocycles. The fraction of sp³-hybridized carbons (Fsp3) is 0. The van der Waals surface area contributed by atoms with Crippen molar-refractivity contribution in [3.05, 3.63) is 48.5 Å². The molecule has 0 bridgehead atoms. The van der Waals surface area contributed by atoms with Crippen LogP contribution in [0.25, 0.3) is 0 Å². The van der Waals surface area contributed by atoms with E-state index in [1.165, 1.54) is 60.3 Å². The molecule has 2 N–H and O–H groups in total. The molecule has 0 aliphatic carbocycles.